The average Bonchev–Trinajstić information content (AvgIpc) is 3.25. The van der Waals surface area contributed by atoms with Crippen LogP contribution in [0, 0.1) is 0 Å². The molecule has 158 valence electrons. The number of aliphatic hydroxyl groups excluding tert-OH is 1. The maximum absolute atomic E-state index is 12.9. The lowest BCUT2D eigenvalue weighted by Gasteiger charge is -2.36. The number of piperazine rings is 1. The summed E-state index contributed by atoms with van der Waals surface area (Å²) in [6.07, 6.45) is 5.29. The Labute approximate surface area is 178 Å². The second-order valence-electron chi connectivity index (χ2n) is 7.71. The zero-order valence-electron chi connectivity index (χ0n) is 17.0. The molecule has 4 heterocycles. The lowest BCUT2D eigenvalue weighted by atomic mass is 10.2. The summed E-state index contributed by atoms with van der Waals surface area (Å²) >= 11 is 0. The molecule has 1 amide bonds. The normalized spacial score (nSPS) is 14.5. The minimum absolute atomic E-state index is 0.0490. The van der Waals surface area contributed by atoms with Crippen molar-refractivity contribution in [2.75, 3.05) is 37.7 Å². The van der Waals surface area contributed by atoms with Crippen LogP contribution < -0.4 is 10.5 Å². The molecule has 1 aliphatic rings. The lowest BCUT2D eigenvalue weighted by molar-refractivity contribution is 0.0747. The van der Waals surface area contributed by atoms with E-state index in [1.165, 1.54) is 10.9 Å². The van der Waals surface area contributed by atoms with Gasteiger partial charge in [-0.3, -0.25) is 14.2 Å². The Hall–Kier alpha value is -3.65. The number of hydrogen-bond acceptors (Lipinski definition) is 5. The zero-order valence-corrected chi connectivity index (χ0v) is 17.0. The molecule has 8 heteroatoms. The summed E-state index contributed by atoms with van der Waals surface area (Å²) in [5, 5.41) is 9.61. The fraction of sp³-hybridized carbons (Fsp3) is 0.261. The van der Waals surface area contributed by atoms with Crippen LogP contribution in [0.3, 0.4) is 0 Å². The van der Waals surface area contributed by atoms with Crippen molar-refractivity contribution < 1.29 is 9.90 Å². The van der Waals surface area contributed by atoms with Crippen molar-refractivity contribution in [3.63, 3.8) is 0 Å². The summed E-state index contributed by atoms with van der Waals surface area (Å²) in [7, 11) is 0. The molecule has 31 heavy (non-hydrogen) atoms. The van der Waals surface area contributed by atoms with Crippen LogP contribution in [0.5, 0.6) is 0 Å². The predicted octanol–water partition coefficient (Wildman–Crippen LogP) is 1.60. The van der Waals surface area contributed by atoms with Crippen LogP contribution >= 0.6 is 0 Å². The Kier molecular flexibility index (Phi) is 4.91. The highest BCUT2D eigenvalue weighted by Crippen LogP contribution is 2.21. The molecule has 1 fully saturated rings. The highest BCUT2D eigenvalue weighted by molar-refractivity contribution is 5.95. The molecule has 1 aliphatic heterocycles. The van der Waals surface area contributed by atoms with Crippen molar-refractivity contribution in [1.29, 1.82) is 0 Å². The van der Waals surface area contributed by atoms with Crippen LogP contribution in [0.4, 0.5) is 5.69 Å². The SMILES string of the molecule is O=C(c1cc2ccccn2c1)N1CCN(c2ccc3c(=O)n(CCO)cnc3c2)CC1. The summed E-state index contributed by atoms with van der Waals surface area (Å²) in [6.45, 7) is 2.83. The van der Waals surface area contributed by atoms with Crippen LogP contribution in [-0.2, 0) is 6.54 Å². The van der Waals surface area contributed by atoms with Crippen molar-refractivity contribution in [2.45, 2.75) is 6.54 Å². The number of carbonyl (C=O) groups is 1. The number of fused-ring (bicyclic) bond motifs is 2. The van der Waals surface area contributed by atoms with Gasteiger partial charge in [-0.15, -0.1) is 0 Å². The summed E-state index contributed by atoms with van der Waals surface area (Å²) in [5.41, 5.74) is 3.18. The molecule has 0 aliphatic carbocycles. The Morgan fingerprint density at radius 1 is 1.06 bits per heavy atom. The zero-order chi connectivity index (χ0) is 21.4. The molecule has 1 aromatic carbocycles. The number of aliphatic hydroxyl groups is 1. The molecule has 8 nitrogen and oxygen atoms in total. The molecule has 0 bridgehead atoms. The Balaban J connectivity index is 1.30. The first kappa shape index (κ1) is 19.3. The van der Waals surface area contributed by atoms with Gasteiger partial charge in [0, 0.05) is 49.8 Å². The number of carbonyl (C=O) groups excluding carboxylic acids is 1. The molecule has 1 saturated heterocycles. The van der Waals surface area contributed by atoms with Gasteiger partial charge in [-0.1, -0.05) is 6.07 Å². The van der Waals surface area contributed by atoms with E-state index in [0.717, 1.165) is 11.2 Å². The predicted molar refractivity (Wildman–Crippen MR) is 119 cm³/mol. The van der Waals surface area contributed by atoms with E-state index >= 15 is 0 Å². The molecule has 0 unspecified atom stereocenters. The molecular weight excluding hydrogens is 394 g/mol. The fourth-order valence-corrected chi connectivity index (χ4v) is 4.13. The van der Waals surface area contributed by atoms with Crippen LogP contribution in [0.15, 0.2) is 66.0 Å². The molecular formula is C23H23N5O3. The van der Waals surface area contributed by atoms with Gasteiger partial charge in [0.2, 0.25) is 0 Å². The molecule has 4 aromatic rings. The fourth-order valence-electron chi connectivity index (χ4n) is 4.13. The number of anilines is 1. The van der Waals surface area contributed by atoms with Crippen molar-refractivity contribution in [3.05, 3.63) is 77.1 Å². The third kappa shape index (κ3) is 3.55. The number of aromatic nitrogens is 3. The van der Waals surface area contributed by atoms with E-state index in [1.54, 1.807) is 6.07 Å². The number of amides is 1. The second-order valence-corrected chi connectivity index (χ2v) is 7.71. The molecule has 5 rings (SSSR count). The standard InChI is InChI=1S/C23H23N5O3/c29-12-11-28-16-24-21-14-19(4-5-20(21)23(28)31)25-7-9-26(10-8-25)22(30)17-13-18-3-1-2-6-27(18)15-17/h1-6,13-16,29H,7-12H2. The van der Waals surface area contributed by atoms with Crippen molar-refractivity contribution in [2.24, 2.45) is 0 Å². The highest BCUT2D eigenvalue weighted by Gasteiger charge is 2.23. The van der Waals surface area contributed by atoms with Crippen molar-refractivity contribution >= 4 is 28.0 Å². The Morgan fingerprint density at radius 2 is 1.90 bits per heavy atom. The minimum atomic E-state index is -0.152. The van der Waals surface area contributed by atoms with Gasteiger partial charge >= 0.3 is 0 Å². The van der Waals surface area contributed by atoms with Crippen molar-refractivity contribution in [3.8, 4) is 0 Å². The van der Waals surface area contributed by atoms with Gasteiger partial charge in [0.1, 0.15) is 0 Å². The van der Waals surface area contributed by atoms with E-state index in [-0.39, 0.29) is 24.6 Å². The highest BCUT2D eigenvalue weighted by atomic mass is 16.3. The molecule has 0 atom stereocenters. The molecule has 0 radical (unpaired) electrons. The summed E-state index contributed by atoms with van der Waals surface area (Å²) in [4.78, 5) is 33.9. The van der Waals surface area contributed by atoms with E-state index in [9.17, 15) is 9.59 Å². The maximum atomic E-state index is 12.9. The molecule has 0 spiro atoms. The van der Waals surface area contributed by atoms with Crippen LogP contribution in [-0.4, -0.2) is 62.7 Å². The third-order valence-corrected chi connectivity index (χ3v) is 5.83. The van der Waals surface area contributed by atoms with Gasteiger partial charge in [-0.05, 0) is 36.4 Å². The number of nitrogens with zero attached hydrogens (tertiary/aromatic N) is 5. The smallest absolute Gasteiger partial charge is 0.261 e. The first-order valence-corrected chi connectivity index (χ1v) is 10.3. The van der Waals surface area contributed by atoms with E-state index in [4.69, 9.17) is 5.11 Å². The monoisotopic (exact) mass is 417 g/mol. The first-order chi connectivity index (χ1) is 15.1. The molecule has 1 N–H and O–H groups in total. The quantitative estimate of drug-likeness (QED) is 0.546. The van der Waals surface area contributed by atoms with Gasteiger partial charge in [-0.2, -0.15) is 0 Å². The van der Waals surface area contributed by atoms with Gasteiger partial charge in [-0.25, -0.2) is 4.98 Å². The van der Waals surface area contributed by atoms with Crippen LogP contribution in [0.2, 0.25) is 0 Å². The van der Waals surface area contributed by atoms with E-state index in [0.29, 0.717) is 42.6 Å². The van der Waals surface area contributed by atoms with Gasteiger partial charge in [0.05, 0.1) is 35.9 Å². The van der Waals surface area contributed by atoms with Crippen molar-refractivity contribution in [1.82, 2.24) is 18.9 Å². The van der Waals surface area contributed by atoms with E-state index < -0.39 is 0 Å². The summed E-state index contributed by atoms with van der Waals surface area (Å²) in [5.74, 6) is 0.0490. The van der Waals surface area contributed by atoms with E-state index in [1.807, 2.05) is 58.1 Å². The Bertz CT molecular complexity index is 1280. The lowest BCUT2D eigenvalue weighted by Crippen LogP contribution is -2.48. The second kappa shape index (κ2) is 7.88. The number of rotatable bonds is 4. The molecule has 0 saturated carbocycles. The van der Waals surface area contributed by atoms with Crippen LogP contribution in [0.25, 0.3) is 16.4 Å². The first-order valence-electron chi connectivity index (χ1n) is 10.3. The van der Waals surface area contributed by atoms with Gasteiger partial charge in [0.25, 0.3) is 11.5 Å². The summed E-state index contributed by atoms with van der Waals surface area (Å²) in [6, 6.07) is 13.4. The molecule has 3 aromatic heterocycles. The maximum Gasteiger partial charge on any atom is 0.261 e. The van der Waals surface area contributed by atoms with Crippen LogP contribution in [0.1, 0.15) is 10.4 Å². The largest absolute Gasteiger partial charge is 0.395 e. The average molecular weight is 417 g/mol. The number of benzene rings is 1. The number of hydrogen-bond donors (Lipinski definition) is 1. The topological polar surface area (TPSA) is 83.1 Å². The number of pyridine rings is 1. The third-order valence-electron chi connectivity index (χ3n) is 5.83. The van der Waals surface area contributed by atoms with E-state index in [2.05, 4.69) is 9.88 Å². The van der Waals surface area contributed by atoms with Gasteiger partial charge < -0.3 is 19.3 Å². The summed E-state index contributed by atoms with van der Waals surface area (Å²) < 4.78 is 3.37. The Morgan fingerprint density at radius 3 is 2.68 bits per heavy atom. The van der Waals surface area contributed by atoms with Gasteiger partial charge in [0.15, 0.2) is 0 Å². The minimum Gasteiger partial charge on any atom is -0.395 e.